The first-order valence-corrected chi connectivity index (χ1v) is 9.05. The molecule has 1 aliphatic rings. The minimum absolute atomic E-state index is 0. The molecule has 2 rings (SSSR count). The van der Waals surface area contributed by atoms with Crippen molar-refractivity contribution in [2.75, 3.05) is 13.1 Å². The average molecular weight is 393 g/mol. The van der Waals surface area contributed by atoms with Gasteiger partial charge in [-0.3, -0.25) is 14.9 Å². The van der Waals surface area contributed by atoms with E-state index in [0.29, 0.717) is 12.8 Å². The zero-order chi connectivity index (χ0) is 17.8. The molecule has 1 aromatic rings. The van der Waals surface area contributed by atoms with Crippen molar-refractivity contribution in [3.63, 3.8) is 0 Å². The maximum absolute atomic E-state index is 12.2. The minimum atomic E-state index is -4.04. The van der Waals surface area contributed by atoms with Crippen molar-refractivity contribution < 1.29 is 18.1 Å². The Morgan fingerprint density at radius 3 is 2.44 bits per heavy atom. The molecular formula is C14H21ClN4O5S. The monoisotopic (exact) mass is 392 g/mol. The molecule has 1 fully saturated rings. The van der Waals surface area contributed by atoms with Gasteiger partial charge < -0.3 is 11.1 Å². The van der Waals surface area contributed by atoms with Crippen molar-refractivity contribution in [3.05, 3.63) is 34.4 Å². The quantitative estimate of drug-likeness (QED) is 0.353. The smallest absolute Gasteiger partial charge is 0.289 e. The van der Waals surface area contributed by atoms with Crippen LogP contribution in [0.5, 0.6) is 0 Å². The van der Waals surface area contributed by atoms with E-state index in [-0.39, 0.29) is 31.4 Å². The lowest BCUT2D eigenvalue weighted by Gasteiger charge is -2.22. The molecule has 11 heteroatoms. The molecule has 0 aliphatic heterocycles. The van der Waals surface area contributed by atoms with Gasteiger partial charge in [0, 0.05) is 19.2 Å². The standard InChI is InChI=1S/C14H20N4O5S.ClH/c15-14(7-3-4-8-14)13(19)16-9-10-17-24(22,23)12-6-2-1-5-11(12)18(20)21;/h1-2,5-6,17H,3-4,7-10,15H2,(H,16,19);1H. The third-order valence-electron chi connectivity index (χ3n) is 4.00. The van der Waals surface area contributed by atoms with E-state index in [0.717, 1.165) is 25.0 Å². The highest BCUT2D eigenvalue weighted by atomic mass is 35.5. The fraction of sp³-hybridized carbons (Fsp3) is 0.500. The zero-order valence-electron chi connectivity index (χ0n) is 13.4. The second-order valence-corrected chi connectivity index (χ2v) is 7.48. The fourth-order valence-electron chi connectivity index (χ4n) is 2.68. The van der Waals surface area contributed by atoms with E-state index in [1.54, 1.807) is 0 Å². The van der Waals surface area contributed by atoms with E-state index in [1.807, 2.05) is 0 Å². The summed E-state index contributed by atoms with van der Waals surface area (Å²) in [6.45, 7) is -0.0339. The van der Waals surface area contributed by atoms with Crippen LogP contribution in [0.2, 0.25) is 0 Å². The Morgan fingerprint density at radius 2 is 1.84 bits per heavy atom. The second kappa shape index (κ2) is 8.56. The van der Waals surface area contributed by atoms with Crippen LogP contribution in [0, 0.1) is 10.1 Å². The number of para-hydroxylation sites is 1. The van der Waals surface area contributed by atoms with Crippen LogP contribution in [0.1, 0.15) is 25.7 Å². The molecule has 0 heterocycles. The maximum Gasteiger partial charge on any atom is 0.289 e. The first kappa shape index (κ1) is 21.3. The lowest BCUT2D eigenvalue weighted by molar-refractivity contribution is -0.387. The van der Waals surface area contributed by atoms with Crippen LogP contribution < -0.4 is 15.8 Å². The number of nitrogens with zero attached hydrogens (tertiary/aromatic N) is 1. The van der Waals surface area contributed by atoms with Gasteiger partial charge in [-0.2, -0.15) is 0 Å². The molecule has 0 bridgehead atoms. The Bertz CT molecular complexity index is 734. The number of nitro benzene ring substituents is 1. The number of nitrogens with one attached hydrogen (secondary N) is 2. The number of amides is 1. The number of benzene rings is 1. The summed E-state index contributed by atoms with van der Waals surface area (Å²) in [5.41, 5.74) is 4.61. The Kier molecular flexibility index (Phi) is 7.29. The summed E-state index contributed by atoms with van der Waals surface area (Å²) in [5.74, 6) is -0.301. The Hall–Kier alpha value is -1.75. The van der Waals surface area contributed by atoms with Gasteiger partial charge in [0.1, 0.15) is 0 Å². The SMILES string of the molecule is Cl.NC1(C(=O)NCCNS(=O)(=O)c2ccccc2[N+](=O)[O-])CCCC1. The van der Waals surface area contributed by atoms with Gasteiger partial charge in [0.25, 0.3) is 5.69 Å². The third kappa shape index (κ3) is 5.11. The van der Waals surface area contributed by atoms with Crippen LogP contribution in [-0.2, 0) is 14.8 Å². The first-order chi connectivity index (χ1) is 11.3. The van der Waals surface area contributed by atoms with Crippen LogP contribution in [0.4, 0.5) is 5.69 Å². The lowest BCUT2D eigenvalue weighted by Crippen LogP contribution is -2.53. The molecular weight excluding hydrogens is 372 g/mol. The van der Waals surface area contributed by atoms with Crippen molar-refractivity contribution in [1.29, 1.82) is 0 Å². The molecule has 0 radical (unpaired) electrons. The van der Waals surface area contributed by atoms with E-state index < -0.39 is 31.1 Å². The minimum Gasteiger partial charge on any atom is -0.353 e. The molecule has 0 saturated heterocycles. The number of nitrogens with two attached hydrogens (primary N) is 1. The Balaban J connectivity index is 0.00000312. The molecule has 1 aliphatic carbocycles. The van der Waals surface area contributed by atoms with E-state index in [1.165, 1.54) is 12.1 Å². The molecule has 0 atom stereocenters. The topological polar surface area (TPSA) is 144 Å². The highest BCUT2D eigenvalue weighted by Gasteiger charge is 2.36. The molecule has 9 nitrogen and oxygen atoms in total. The predicted molar refractivity (Wildman–Crippen MR) is 93.9 cm³/mol. The van der Waals surface area contributed by atoms with Gasteiger partial charge in [-0.25, -0.2) is 13.1 Å². The summed E-state index contributed by atoms with van der Waals surface area (Å²) in [6.07, 6.45) is 3.02. The predicted octanol–water partition coefficient (Wildman–Crippen LogP) is 0.683. The number of carbonyl (C=O) groups is 1. The molecule has 140 valence electrons. The van der Waals surface area contributed by atoms with Crippen LogP contribution in [0.15, 0.2) is 29.2 Å². The van der Waals surface area contributed by atoms with E-state index in [2.05, 4.69) is 10.0 Å². The van der Waals surface area contributed by atoms with Gasteiger partial charge in [-0.05, 0) is 18.9 Å². The summed E-state index contributed by atoms with van der Waals surface area (Å²) in [6, 6.07) is 5.07. The van der Waals surface area contributed by atoms with Crippen molar-refractivity contribution in [2.45, 2.75) is 36.1 Å². The highest BCUT2D eigenvalue weighted by Crippen LogP contribution is 2.27. The molecule has 1 saturated carbocycles. The van der Waals surface area contributed by atoms with Crippen LogP contribution >= 0.6 is 12.4 Å². The van der Waals surface area contributed by atoms with E-state index >= 15 is 0 Å². The molecule has 1 amide bonds. The first-order valence-electron chi connectivity index (χ1n) is 7.56. The van der Waals surface area contributed by atoms with E-state index in [9.17, 15) is 23.3 Å². The Morgan fingerprint density at radius 1 is 1.24 bits per heavy atom. The summed E-state index contributed by atoms with van der Waals surface area (Å²) in [5, 5.41) is 13.5. The zero-order valence-corrected chi connectivity index (χ0v) is 15.1. The third-order valence-corrected chi connectivity index (χ3v) is 5.51. The Labute approximate surface area is 152 Å². The van der Waals surface area contributed by atoms with E-state index in [4.69, 9.17) is 5.73 Å². The number of halogens is 1. The number of nitro groups is 1. The van der Waals surface area contributed by atoms with Gasteiger partial charge in [0.2, 0.25) is 15.9 Å². The van der Waals surface area contributed by atoms with Gasteiger partial charge in [-0.1, -0.05) is 25.0 Å². The van der Waals surface area contributed by atoms with Gasteiger partial charge in [-0.15, -0.1) is 12.4 Å². The van der Waals surface area contributed by atoms with Gasteiger partial charge in [0.05, 0.1) is 10.5 Å². The number of hydrogen-bond donors (Lipinski definition) is 3. The molecule has 0 aromatic heterocycles. The summed E-state index contributed by atoms with van der Waals surface area (Å²) < 4.78 is 26.6. The maximum atomic E-state index is 12.2. The molecule has 4 N–H and O–H groups in total. The number of rotatable bonds is 7. The highest BCUT2D eigenvalue weighted by molar-refractivity contribution is 7.89. The fourth-order valence-corrected chi connectivity index (χ4v) is 3.89. The summed E-state index contributed by atoms with van der Waals surface area (Å²) in [4.78, 5) is 21.7. The number of hydrogen-bond acceptors (Lipinski definition) is 6. The van der Waals surface area contributed by atoms with Crippen molar-refractivity contribution in [3.8, 4) is 0 Å². The van der Waals surface area contributed by atoms with Crippen molar-refractivity contribution in [1.82, 2.24) is 10.0 Å². The van der Waals surface area contributed by atoms with Crippen molar-refractivity contribution in [2.24, 2.45) is 5.73 Å². The number of sulfonamides is 1. The molecule has 0 spiro atoms. The molecule has 25 heavy (non-hydrogen) atoms. The number of carbonyl (C=O) groups excluding carboxylic acids is 1. The summed E-state index contributed by atoms with van der Waals surface area (Å²) >= 11 is 0. The lowest BCUT2D eigenvalue weighted by atomic mass is 9.98. The van der Waals surface area contributed by atoms with Gasteiger partial charge in [0.15, 0.2) is 4.90 Å². The molecule has 0 unspecified atom stereocenters. The normalized spacial score (nSPS) is 16.0. The average Bonchev–Trinajstić information content (AvgIpc) is 2.99. The van der Waals surface area contributed by atoms with Crippen molar-refractivity contribution >= 4 is 34.0 Å². The molecule has 1 aromatic carbocycles. The second-order valence-electron chi connectivity index (χ2n) is 5.74. The van der Waals surface area contributed by atoms with Crippen LogP contribution in [0.25, 0.3) is 0 Å². The van der Waals surface area contributed by atoms with Crippen LogP contribution in [-0.4, -0.2) is 37.9 Å². The summed E-state index contributed by atoms with van der Waals surface area (Å²) in [7, 11) is -4.04. The van der Waals surface area contributed by atoms with Gasteiger partial charge >= 0.3 is 0 Å². The van der Waals surface area contributed by atoms with Crippen LogP contribution in [0.3, 0.4) is 0 Å². The largest absolute Gasteiger partial charge is 0.353 e.